The van der Waals surface area contributed by atoms with Crippen molar-refractivity contribution >= 4 is 29.1 Å². The molecule has 1 N–H and O–H groups in total. The largest absolute Gasteiger partial charge is 0.337 e. The van der Waals surface area contributed by atoms with E-state index < -0.39 is 0 Å². The number of halogens is 2. The molecule has 35 heavy (non-hydrogen) atoms. The van der Waals surface area contributed by atoms with E-state index in [1.165, 1.54) is 6.42 Å². The molecule has 0 unspecified atom stereocenters. The molecule has 0 bridgehead atoms. The third kappa shape index (κ3) is 4.56. The van der Waals surface area contributed by atoms with Crippen LogP contribution in [-0.2, 0) is 0 Å². The van der Waals surface area contributed by atoms with E-state index in [1.54, 1.807) is 16.8 Å². The maximum atomic E-state index is 13.6. The summed E-state index contributed by atoms with van der Waals surface area (Å²) < 4.78 is 1.74. The lowest BCUT2D eigenvalue weighted by atomic mass is 9.94. The Balaban J connectivity index is 1.60. The van der Waals surface area contributed by atoms with Gasteiger partial charge >= 0.3 is 0 Å². The maximum Gasteiger partial charge on any atom is 0.274 e. The second kappa shape index (κ2) is 9.79. The van der Waals surface area contributed by atoms with Gasteiger partial charge in [-0.25, -0.2) is 9.78 Å². The SMILES string of the molecule is Cc1c(C(=O)N(C)C2CCCCC2)nn(-c2ccc(Cl)cc2Cl)c1-c1ccc(-c2nnn[nH]2)cc1. The summed E-state index contributed by atoms with van der Waals surface area (Å²) in [5.41, 5.74) is 4.38. The summed E-state index contributed by atoms with van der Waals surface area (Å²) in [6.07, 6.45) is 5.57. The predicted octanol–water partition coefficient (Wildman–Crippen LogP) is 5.74. The van der Waals surface area contributed by atoms with Gasteiger partial charge in [-0.15, -0.1) is 5.10 Å². The summed E-state index contributed by atoms with van der Waals surface area (Å²) in [7, 11) is 1.88. The van der Waals surface area contributed by atoms with E-state index >= 15 is 0 Å². The highest BCUT2D eigenvalue weighted by molar-refractivity contribution is 6.35. The Labute approximate surface area is 213 Å². The van der Waals surface area contributed by atoms with Gasteiger partial charge in [0.25, 0.3) is 5.91 Å². The van der Waals surface area contributed by atoms with Gasteiger partial charge in [0.2, 0.25) is 0 Å². The van der Waals surface area contributed by atoms with Gasteiger partial charge in [0.05, 0.1) is 16.4 Å². The Hall–Kier alpha value is -3.23. The molecule has 8 nitrogen and oxygen atoms in total. The number of benzene rings is 2. The number of nitrogens with zero attached hydrogens (tertiary/aromatic N) is 6. The van der Waals surface area contributed by atoms with Crippen LogP contribution in [0.1, 0.15) is 48.2 Å². The summed E-state index contributed by atoms with van der Waals surface area (Å²) in [4.78, 5) is 15.5. The number of hydrogen-bond acceptors (Lipinski definition) is 5. The number of carbonyl (C=O) groups excluding carboxylic acids is 1. The van der Waals surface area contributed by atoms with Crippen LogP contribution in [0.25, 0.3) is 28.3 Å². The van der Waals surface area contributed by atoms with Crippen LogP contribution >= 0.6 is 23.2 Å². The number of hydrogen-bond donors (Lipinski definition) is 1. The van der Waals surface area contributed by atoms with E-state index in [0.29, 0.717) is 27.3 Å². The molecule has 2 heterocycles. The van der Waals surface area contributed by atoms with Gasteiger partial charge in [0, 0.05) is 34.8 Å². The molecule has 180 valence electrons. The molecule has 1 fully saturated rings. The molecular weight excluding hydrogens is 485 g/mol. The van der Waals surface area contributed by atoms with E-state index in [9.17, 15) is 4.79 Å². The average molecular weight is 510 g/mol. The number of H-pyrrole nitrogens is 1. The monoisotopic (exact) mass is 509 g/mol. The smallest absolute Gasteiger partial charge is 0.274 e. The minimum atomic E-state index is -0.0798. The number of amides is 1. The molecule has 1 amide bonds. The molecule has 1 aliphatic rings. The van der Waals surface area contributed by atoms with Crippen molar-refractivity contribution in [2.75, 3.05) is 7.05 Å². The topological polar surface area (TPSA) is 92.6 Å². The van der Waals surface area contributed by atoms with Crippen molar-refractivity contribution in [3.05, 3.63) is 63.8 Å². The normalized spacial score (nSPS) is 14.3. The summed E-state index contributed by atoms with van der Waals surface area (Å²) in [6.45, 7) is 1.93. The summed E-state index contributed by atoms with van der Waals surface area (Å²) in [5, 5.41) is 19.8. The molecule has 2 aromatic carbocycles. The van der Waals surface area contributed by atoms with Gasteiger partial charge in [-0.05, 0) is 48.4 Å². The van der Waals surface area contributed by atoms with Crippen LogP contribution in [0.15, 0.2) is 42.5 Å². The zero-order valence-electron chi connectivity index (χ0n) is 19.5. The Kier molecular flexibility index (Phi) is 6.58. The molecule has 0 atom stereocenters. The third-order valence-corrected chi connectivity index (χ3v) is 7.22. The molecule has 1 saturated carbocycles. The van der Waals surface area contributed by atoms with Crippen molar-refractivity contribution in [2.24, 2.45) is 0 Å². The Morgan fingerprint density at radius 2 is 1.77 bits per heavy atom. The second-order valence-electron chi connectivity index (χ2n) is 8.86. The van der Waals surface area contributed by atoms with Crippen LogP contribution in [0.2, 0.25) is 10.0 Å². The van der Waals surface area contributed by atoms with Crippen LogP contribution in [0, 0.1) is 6.92 Å². The first-order valence-electron chi connectivity index (χ1n) is 11.6. The Morgan fingerprint density at radius 1 is 1.06 bits per heavy atom. The van der Waals surface area contributed by atoms with Crippen LogP contribution in [-0.4, -0.2) is 54.3 Å². The molecule has 0 saturated heterocycles. The van der Waals surface area contributed by atoms with E-state index in [4.69, 9.17) is 28.3 Å². The van der Waals surface area contributed by atoms with Crippen molar-refractivity contribution in [3.8, 4) is 28.3 Å². The molecule has 5 rings (SSSR count). The van der Waals surface area contributed by atoms with Gasteiger partial charge in [-0.2, -0.15) is 5.10 Å². The van der Waals surface area contributed by atoms with E-state index in [0.717, 1.165) is 48.1 Å². The van der Waals surface area contributed by atoms with Gasteiger partial charge < -0.3 is 4.90 Å². The van der Waals surface area contributed by atoms with Crippen molar-refractivity contribution < 1.29 is 4.79 Å². The highest BCUT2D eigenvalue weighted by Crippen LogP contribution is 2.34. The lowest BCUT2D eigenvalue weighted by Gasteiger charge is -2.30. The zero-order valence-corrected chi connectivity index (χ0v) is 21.0. The zero-order chi connectivity index (χ0) is 24.5. The number of tetrazole rings is 1. The third-order valence-electron chi connectivity index (χ3n) is 6.68. The van der Waals surface area contributed by atoms with Crippen molar-refractivity contribution in [2.45, 2.75) is 45.1 Å². The van der Waals surface area contributed by atoms with E-state index in [1.807, 2.05) is 49.2 Å². The summed E-state index contributed by atoms with van der Waals surface area (Å²) >= 11 is 12.7. The van der Waals surface area contributed by atoms with Gasteiger partial charge in [0.1, 0.15) is 0 Å². The minimum Gasteiger partial charge on any atom is -0.337 e. The minimum absolute atomic E-state index is 0.0798. The van der Waals surface area contributed by atoms with Crippen LogP contribution in [0.5, 0.6) is 0 Å². The molecule has 0 spiro atoms. The quantitative estimate of drug-likeness (QED) is 0.370. The number of rotatable bonds is 5. The van der Waals surface area contributed by atoms with Crippen molar-refractivity contribution in [3.63, 3.8) is 0 Å². The second-order valence-corrected chi connectivity index (χ2v) is 9.71. The number of nitrogens with one attached hydrogen (secondary N) is 1. The van der Waals surface area contributed by atoms with Gasteiger partial charge in [-0.3, -0.25) is 4.79 Å². The fourth-order valence-corrected chi connectivity index (χ4v) is 5.22. The first-order valence-corrected chi connectivity index (χ1v) is 12.4. The van der Waals surface area contributed by atoms with E-state index in [2.05, 4.69) is 20.6 Å². The molecule has 4 aromatic rings. The fourth-order valence-electron chi connectivity index (χ4n) is 4.73. The van der Waals surface area contributed by atoms with Crippen LogP contribution in [0.4, 0.5) is 0 Å². The fraction of sp³-hybridized carbons (Fsp3) is 0.320. The first kappa shape index (κ1) is 23.5. The first-order chi connectivity index (χ1) is 16.9. The number of aromatic nitrogens is 6. The molecular formula is C25H25Cl2N7O. The standard InChI is InChI=1S/C25H25Cl2N7O/c1-15-22(25(35)33(2)19-6-4-3-5-7-19)30-34(21-13-12-18(26)14-20(21)27)23(15)16-8-10-17(11-9-16)24-28-31-32-29-24/h8-14,19H,3-7H2,1-2H3,(H,28,29,31,32). The Bertz CT molecular complexity index is 1340. The number of carbonyl (C=O) groups is 1. The molecule has 1 aliphatic carbocycles. The van der Waals surface area contributed by atoms with Gasteiger partial charge in [-0.1, -0.05) is 66.7 Å². The maximum absolute atomic E-state index is 13.6. The molecule has 0 aliphatic heterocycles. The highest BCUT2D eigenvalue weighted by atomic mass is 35.5. The van der Waals surface area contributed by atoms with Crippen molar-refractivity contribution in [1.29, 1.82) is 0 Å². The molecule has 0 radical (unpaired) electrons. The van der Waals surface area contributed by atoms with Crippen LogP contribution < -0.4 is 0 Å². The predicted molar refractivity (Wildman–Crippen MR) is 136 cm³/mol. The van der Waals surface area contributed by atoms with Crippen LogP contribution in [0.3, 0.4) is 0 Å². The van der Waals surface area contributed by atoms with E-state index in [-0.39, 0.29) is 11.9 Å². The highest BCUT2D eigenvalue weighted by Gasteiger charge is 2.29. The molecule has 2 aromatic heterocycles. The summed E-state index contributed by atoms with van der Waals surface area (Å²) in [6, 6.07) is 13.3. The Morgan fingerprint density at radius 3 is 2.43 bits per heavy atom. The average Bonchev–Trinajstić information content (AvgIpc) is 3.52. The van der Waals surface area contributed by atoms with Gasteiger partial charge in [0.15, 0.2) is 11.5 Å². The van der Waals surface area contributed by atoms with Crippen molar-refractivity contribution in [1.82, 2.24) is 35.3 Å². The lowest BCUT2D eigenvalue weighted by Crippen LogP contribution is -2.38. The summed E-state index contributed by atoms with van der Waals surface area (Å²) in [5.74, 6) is 0.497. The molecule has 10 heteroatoms. The number of aromatic amines is 1. The lowest BCUT2D eigenvalue weighted by molar-refractivity contribution is 0.0689.